The molecule has 5 nitrogen and oxygen atoms in total. The Kier molecular flexibility index (Phi) is 8.80. The molecule has 0 radical (unpaired) electrons. The number of aliphatic hydroxyl groups excluding tert-OH is 1. The second-order valence-electron chi connectivity index (χ2n) is 4.39. The van der Waals surface area contributed by atoms with E-state index in [0.29, 0.717) is 19.7 Å². The normalized spacial score (nSPS) is 14.0. The number of aliphatic hydroxyl groups is 1. The second kappa shape index (κ2) is 10.1. The van der Waals surface area contributed by atoms with Crippen LogP contribution in [0.5, 0.6) is 5.75 Å². The molecule has 6 heteroatoms. The van der Waals surface area contributed by atoms with E-state index in [4.69, 9.17) is 14.2 Å². The molecule has 0 heterocycles. The summed E-state index contributed by atoms with van der Waals surface area (Å²) < 4.78 is 16.7. The summed E-state index contributed by atoms with van der Waals surface area (Å²) in [5.74, 6) is 0.729. The van der Waals surface area contributed by atoms with Crippen LogP contribution in [0, 0.1) is 0 Å². The predicted octanol–water partition coefficient (Wildman–Crippen LogP) is 1.44. The molecule has 0 aliphatic heterocycles. The molecule has 2 N–H and O–H groups in total. The Bertz CT molecular complexity index is 378. The molecule has 0 amide bonds. The van der Waals surface area contributed by atoms with Crippen molar-refractivity contribution in [1.82, 2.24) is 5.32 Å². The Morgan fingerprint density at radius 2 is 2.05 bits per heavy atom. The molecule has 0 aliphatic carbocycles. The number of nitrogens with one attached hydrogen (secondary N) is 1. The van der Waals surface area contributed by atoms with Gasteiger partial charge in [0.05, 0.1) is 12.7 Å². The molecule has 114 valence electrons. The molecule has 0 aromatic heterocycles. The number of ether oxygens (including phenoxy) is 3. The van der Waals surface area contributed by atoms with Gasteiger partial charge in [-0.25, -0.2) is 0 Å². The monoisotopic (exact) mass is 347 g/mol. The molecular formula is C14H22BrNO4. The van der Waals surface area contributed by atoms with E-state index in [1.807, 2.05) is 24.3 Å². The van der Waals surface area contributed by atoms with E-state index in [9.17, 15) is 5.11 Å². The van der Waals surface area contributed by atoms with Crippen LogP contribution in [0.2, 0.25) is 0 Å². The molecule has 0 aliphatic rings. The van der Waals surface area contributed by atoms with Crippen molar-refractivity contribution < 1.29 is 19.3 Å². The summed E-state index contributed by atoms with van der Waals surface area (Å²) >= 11 is 3.37. The Morgan fingerprint density at radius 3 is 2.70 bits per heavy atom. The van der Waals surface area contributed by atoms with Crippen molar-refractivity contribution in [3.63, 3.8) is 0 Å². The first kappa shape index (κ1) is 17.4. The Morgan fingerprint density at radius 1 is 1.25 bits per heavy atom. The fourth-order valence-corrected chi connectivity index (χ4v) is 1.99. The lowest BCUT2D eigenvalue weighted by Crippen LogP contribution is -2.38. The molecule has 0 fully saturated rings. The van der Waals surface area contributed by atoms with Gasteiger partial charge in [-0.2, -0.15) is 0 Å². The van der Waals surface area contributed by atoms with Crippen LogP contribution in [0.3, 0.4) is 0 Å². The number of rotatable bonds is 10. The lowest BCUT2D eigenvalue weighted by Gasteiger charge is -2.17. The summed E-state index contributed by atoms with van der Waals surface area (Å²) in [4.78, 5) is 0. The van der Waals surface area contributed by atoms with Crippen molar-refractivity contribution in [3.05, 3.63) is 28.7 Å². The topological polar surface area (TPSA) is 60.0 Å². The maximum absolute atomic E-state index is 9.82. The number of methoxy groups -OCH3 is 2. The van der Waals surface area contributed by atoms with Crippen molar-refractivity contribution in [1.29, 1.82) is 0 Å². The van der Waals surface area contributed by atoms with Crippen molar-refractivity contribution >= 4 is 15.9 Å². The highest BCUT2D eigenvalue weighted by atomic mass is 79.9. The molecule has 0 saturated heterocycles. The Labute approximate surface area is 128 Å². The van der Waals surface area contributed by atoms with Crippen LogP contribution in [-0.2, 0) is 9.47 Å². The average Bonchev–Trinajstić information content (AvgIpc) is 2.44. The summed E-state index contributed by atoms with van der Waals surface area (Å²) in [5, 5.41) is 12.9. The average molecular weight is 348 g/mol. The zero-order valence-electron chi connectivity index (χ0n) is 11.8. The largest absolute Gasteiger partial charge is 0.491 e. The van der Waals surface area contributed by atoms with Gasteiger partial charge in [-0.15, -0.1) is 0 Å². The van der Waals surface area contributed by atoms with E-state index >= 15 is 0 Å². The molecule has 1 rings (SSSR count). The highest BCUT2D eigenvalue weighted by molar-refractivity contribution is 9.10. The molecule has 0 bridgehead atoms. The standard InChI is InChI=1S/C14H22BrNO4/c1-18-10-14(19-2)8-16-7-12(17)9-20-13-5-3-4-11(15)6-13/h3-6,12,14,16-17H,7-10H2,1-2H3. The number of hydrogen-bond donors (Lipinski definition) is 2. The van der Waals surface area contributed by atoms with Gasteiger partial charge in [0, 0.05) is 31.8 Å². The van der Waals surface area contributed by atoms with Gasteiger partial charge in [-0.1, -0.05) is 22.0 Å². The first-order valence-corrected chi connectivity index (χ1v) is 7.24. The highest BCUT2D eigenvalue weighted by Gasteiger charge is 2.09. The summed E-state index contributed by atoms with van der Waals surface area (Å²) in [5.41, 5.74) is 0. The van der Waals surface area contributed by atoms with Gasteiger partial charge in [0.15, 0.2) is 0 Å². The minimum atomic E-state index is -0.575. The molecule has 2 unspecified atom stereocenters. The molecule has 1 aromatic carbocycles. The number of halogens is 1. The van der Waals surface area contributed by atoms with Crippen molar-refractivity contribution in [2.45, 2.75) is 12.2 Å². The second-order valence-corrected chi connectivity index (χ2v) is 5.31. The molecule has 2 atom stereocenters. The van der Waals surface area contributed by atoms with Gasteiger partial charge in [0.1, 0.15) is 18.5 Å². The summed E-state index contributed by atoms with van der Waals surface area (Å²) in [6.07, 6.45) is -0.591. The number of hydrogen-bond acceptors (Lipinski definition) is 5. The van der Waals surface area contributed by atoms with Crippen molar-refractivity contribution in [3.8, 4) is 5.75 Å². The van der Waals surface area contributed by atoms with Crippen LogP contribution in [0.15, 0.2) is 28.7 Å². The Balaban J connectivity index is 2.18. The predicted molar refractivity (Wildman–Crippen MR) is 81.2 cm³/mol. The SMILES string of the molecule is COCC(CNCC(O)COc1cccc(Br)c1)OC. The molecule has 0 spiro atoms. The van der Waals surface area contributed by atoms with Gasteiger partial charge in [0.25, 0.3) is 0 Å². The summed E-state index contributed by atoms with van der Waals surface area (Å²) in [7, 11) is 3.27. The van der Waals surface area contributed by atoms with E-state index in [0.717, 1.165) is 10.2 Å². The van der Waals surface area contributed by atoms with Crippen molar-refractivity contribution in [2.24, 2.45) is 0 Å². The van der Waals surface area contributed by atoms with E-state index in [2.05, 4.69) is 21.2 Å². The van der Waals surface area contributed by atoms with E-state index in [-0.39, 0.29) is 12.7 Å². The molecule has 0 saturated carbocycles. The third-order valence-electron chi connectivity index (χ3n) is 2.68. The van der Waals surface area contributed by atoms with E-state index in [1.54, 1.807) is 14.2 Å². The van der Waals surface area contributed by atoms with E-state index < -0.39 is 6.10 Å². The lowest BCUT2D eigenvalue weighted by atomic mass is 10.3. The maximum Gasteiger partial charge on any atom is 0.120 e. The van der Waals surface area contributed by atoms with Gasteiger partial charge in [0.2, 0.25) is 0 Å². The zero-order valence-corrected chi connectivity index (χ0v) is 13.4. The fourth-order valence-electron chi connectivity index (χ4n) is 1.62. The van der Waals surface area contributed by atoms with Gasteiger partial charge in [-0.3, -0.25) is 0 Å². The molecule has 1 aromatic rings. The first-order valence-electron chi connectivity index (χ1n) is 6.44. The minimum absolute atomic E-state index is 0.0156. The summed E-state index contributed by atoms with van der Waals surface area (Å²) in [6, 6.07) is 7.52. The van der Waals surface area contributed by atoms with Gasteiger partial charge >= 0.3 is 0 Å². The zero-order chi connectivity index (χ0) is 14.8. The van der Waals surface area contributed by atoms with Gasteiger partial charge in [-0.05, 0) is 18.2 Å². The van der Waals surface area contributed by atoms with Crippen molar-refractivity contribution in [2.75, 3.05) is 40.5 Å². The van der Waals surface area contributed by atoms with Crippen LogP contribution in [0.1, 0.15) is 0 Å². The van der Waals surface area contributed by atoms with Gasteiger partial charge < -0.3 is 24.6 Å². The Hall–Kier alpha value is -0.660. The fraction of sp³-hybridized carbons (Fsp3) is 0.571. The molecular weight excluding hydrogens is 326 g/mol. The summed E-state index contributed by atoms with van der Waals surface area (Å²) in [6.45, 7) is 1.83. The minimum Gasteiger partial charge on any atom is -0.491 e. The molecule has 20 heavy (non-hydrogen) atoms. The smallest absolute Gasteiger partial charge is 0.120 e. The van der Waals surface area contributed by atoms with Crippen LogP contribution >= 0.6 is 15.9 Å². The first-order chi connectivity index (χ1) is 9.65. The van der Waals surface area contributed by atoms with Crippen LogP contribution in [0.4, 0.5) is 0 Å². The van der Waals surface area contributed by atoms with E-state index in [1.165, 1.54) is 0 Å². The number of benzene rings is 1. The highest BCUT2D eigenvalue weighted by Crippen LogP contribution is 2.17. The third kappa shape index (κ3) is 7.21. The van der Waals surface area contributed by atoms with Crippen LogP contribution in [0.25, 0.3) is 0 Å². The quantitative estimate of drug-likeness (QED) is 0.670. The van der Waals surface area contributed by atoms with Crippen LogP contribution < -0.4 is 10.1 Å². The van der Waals surface area contributed by atoms with Crippen LogP contribution in [-0.4, -0.2) is 57.8 Å². The third-order valence-corrected chi connectivity index (χ3v) is 3.17. The lowest BCUT2D eigenvalue weighted by molar-refractivity contribution is 0.0257. The maximum atomic E-state index is 9.82.